The molecule has 1 aliphatic heterocycles. The van der Waals surface area contributed by atoms with Crippen molar-refractivity contribution in [3.05, 3.63) is 70.3 Å². The zero-order chi connectivity index (χ0) is 16.2. The molecule has 1 fully saturated rings. The van der Waals surface area contributed by atoms with E-state index in [9.17, 15) is 4.79 Å². The highest BCUT2D eigenvalue weighted by Gasteiger charge is 2.18. The minimum Gasteiger partial charge on any atom is -0.299 e. The van der Waals surface area contributed by atoms with E-state index < -0.39 is 0 Å². The Bertz CT molecular complexity index is 699. The summed E-state index contributed by atoms with van der Waals surface area (Å²) in [4.78, 5) is 15.5. The maximum atomic E-state index is 13.1. The van der Waals surface area contributed by atoms with Crippen LogP contribution < -0.4 is 0 Å². The van der Waals surface area contributed by atoms with Crippen LogP contribution in [0.3, 0.4) is 0 Å². The Kier molecular flexibility index (Phi) is 4.92. The van der Waals surface area contributed by atoms with E-state index in [2.05, 4.69) is 17.0 Å². The second-order valence-electron chi connectivity index (χ2n) is 6.64. The molecule has 0 N–H and O–H groups in total. The number of benzene rings is 2. The van der Waals surface area contributed by atoms with Gasteiger partial charge in [-0.15, -0.1) is 0 Å². The molecule has 0 aliphatic carbocycles. The average Bonchev–Trinajstić information content (AvgIpc) is 2.58. The number of piperidine rings is 1. The minimum atomic E-state index is 0.152. The van der Waals surface area contributed by atoms with Crippen molar-refractivity contribution < 1.29 is 4.79 Å². The molecule has 0 saturated carbocycles. The van der Waals surface area contributed by atoms with Gasteiger partial charge in [-0.2, -0.15) is 0 Å². The number of carbonyl (C=O) groups is 1. The lowest BCUT2D eigenvalue weighted by Crippen LogP contribution is -2.29. The first-order valence-corrected chi connectivity index (χ1v) is 8.57. The van der Waals surface area contributed by atoms with E-state index in [0.29, 0.717) is 0 Å². The third-order valence-corrected chi connectivity index (χ3v) is 4.74. The summed E-state index contributed by atoms with van der Waals surface area (Å²) in [6, 6.07) is 14.2. The average molecular weight is 307 g/mol. The molecule has 2 aromatic rings. The molecule has 2 aromatic carbocycles. The predicted molar refractivity (Wildman–Crippen MR) is 94.9 cm³/mol. The van der Waals surface area contributed by atoms with E-state index in [0.717, 1.165) is 47.5 Å². The highest BCUT2D eigenvalue weighted by atomic mass is 16.1. The number of nitrogens with zero attached hydrogens (tertiary/aromatic N) is 1. The van der Waals surface area contributed by atoms with Gasteiger partial charge < -0.3 is 0 Å². The van der Waals surface area contributed by atoms with Gasteiger partial charge in [-0.05, 0) is 57.0 Å². The van der Waals surface area contributed by atoms with E-state index in [1.54, 1.807) is 0 Å². The molecule has 3 rings (SSSR count). The van der Waals surface area contributed by atoms with Gasteiger partial charge in [-0.25, -0.2) is 0 Å². The predicted octanol–water partition coefficient (Wildman–Crippen LogP) is 4.52. The molecule has 120 valence electrons. The third-order valence-electron chi connectivity index (χ3n) is 4.74. The Morgan fingerprint density at radius 2 is 1.70 bits per heavy atom. The number of rotatable bonds is 4. The fourth-order valence-electron chi connectivity index (χ4n) is 3.36. The maximum absolute atomic E-state index is 13.1. The van der Waals surface area contributed by atoms with Crippen molar-refractivity contribution in [3.8, 4) is 0 Å². The SMILES string of the molecule is Cc1ccc(C)c(C(=O)c2ccccc2CN2CCCCC2)c1. The van der Waals surface area contributed by atoms with Crippen LogP contribution in [0.25, 0.3) is 0 Å². The molecule has 2 heteroatoms. The normalized spacial score (nSPS) is 15.6. The van der Waals surface area contributed by atoms with E-state index in [1.165, 1.54) is 19.3 Å². The number of hydrogen-bond acceptors (Lipinski definition) is 2. The maximum Gasteiger partial charge on any atom is 0.193 e. The first-order chi connectivity index (χ1) is 11.1. The van der Waals surface area contributed by atoms with Crippen molar-refractivity contribution in [2.45, 2.75) is 39.7 Å². The summed E-state index contributed by atoms with van der Waals surface area (Å²) in [5.41, 5.74) is 5.02. The number of hydrogen-bond donors (Lipinski definition) is 0. The van der Waals surface area contributed by atoms with Crippen molar-refractivity contribution in [2.24, 2.45) is 0 Å². The molecule has 23 heavy (non-hydrogen) atoms. The monoisotopic (exact) mass is 307 g/mol. The second-order valence-corrected chi connectivity index (χ2v) is 6.64. The molecule has 1 saturated heterocycles. The van der Waals surface area contributed by atoms with Gasteiger partial charge >= 0.3 is 0 Å². The standard InChI is InChI=1S/C21H25NO/c1-16-10-11-17(2)20(14-16)21(23)19-9-5-4-8-18(19)15-22-12-6-3-7-13-22/h4-5,8-11,14H,3,6-7,12-13,15H2,1-2H3. The van der Waals surface area contributed by atoms with Crippen molar-refractivity contribution >= 4 is 5.78 Å². The molecule has 0 bridgehead atoms. The number of carbonyl (C=O) groups excluding carboxylic acids is 1. The number of likely N-dealkylation sites (tertiary alicyclic amines) is 1. The van der Waals surface area contributed by atoms with Crippen molar-refractivity contribution in [3.63, 3.8) is 0 Å². The molecular weight excluding hydrogens is 282 g/mol. The van der Waals surface area contributed by atoms with Gasteiger partial charge in [-0.1, -0.05) is 48.4 Å². The lowest BCUT2D eigenvalue weighted by Gasteiger charge is -2.27. The van der Waals surface area contributed by atoms with E-state index in [4.69, 9.17) is 0 Å². The van der Waals surface area contributed by atoms with Crippen LogP contribution in [0.5, 0.6) is 0 Å². The van der Waals surface area contributed by atoms with E-state index in [1.807, 2.05) is 44.2 Å². The first kappa shape index (κ1) is 15.9. The quantitative estimate of drug-likeness (QED) is 0.774. The molecule has 0 unspecified atom stereocenters. The fourth-order valence-corrected chi connectivity index (χ4v) is 3.36. The summed E-state index contributed by atoms with van der Waals surface area (Å²) in [5.74, 6) is 0.152. The first-order valence-electron chi connectivity index (χ1n) is 8.57. The lowest BCUT2D eigenvalue weighted by atomic mass is 9.94. The molecule has 0 atom stereocenters. The molecule has 0 amide bonds. The van der Waals surface area contributed by atoms with Gasteiger partial charge in [0.15, 0.2) is 5.78 Å². The number of ketones is 1. The minimum absolute atomic E-state index is 0.152. The summed E-state index contributed by atoms with van der Waals surface area (Å²) in [7, 11) is 0. The van der Waals surface area contributed by atoms with Crippen LogP contribution in [-0.4, -0.2) is 23.8 Å². The Hall–Kier alpha value is -1.93. The van der Waals surface area contributed by atoms with Gasteiger partial charge in [0, 0.05) is 17.7 Å². The summed E-state index contributed by atoms with van der Waals surface area (Å²) >= 11 is 0. The summed E-state index contributed by atoms with van der Waals surface area (Å²) in [6.07, 6.45) is 3.87. The highest BCUT2D eigenvalue weighted by Crippen LogP contribution is 2.21. The second kappa shape index (κ2) is 7.10. The molecule has 0 spiro atoms. The van der Waals surface area contributed by atoms with Gasteiger partial charge in [0.2, 0.25) is 0 Å². The Labute approximate surface area is 139 Å². The van der Waals surface area contributed by atoms with Crippen molar-refractivity contribution in [1.29, 1.82) is 0 Å². The topological polar surface area (TPSA) is 20.3 Å². The van der Waals surface area contributed by atoms with Crippen LogP contribution in [0.2, 0.25) is 0 Å². The van der Waals surface area contributed by atoms with Gasteiger partial charge in [0.25, 0.3) is 0 Å². The van der Waals surface area contributed by atoms with Gasteiger partial charge in [0.1, 0.15) is 0 Å². The molecule has 0 radical (unpaired) electrons. The van der Waals surface area contributed by atoms with Crippen molar-refractivity contribution in [2.75, 3.05) is 13.1 Å². The molecule has 1 heterocycles. The van der Waals surface area contributed by atoms with Crippen molar-refractivity contribution in [1.82, 2.24) is 4.90 Å². The molecule has 1 aliphatic rings. The van der Waals surface area contributed by atoms with Crippen LogP contribution >= 0.6 is 0 Å². The number of aryl methyl sites for hydroxylation is 2. The van der Waals surface area contributed by atoms with Crippen LogP contribution in [0.1, 0.15) is 51.9 Å². The zero-order valence-electron chi connectivity index (χ0n) is 14.1. The molecular formula is C21H25NO. The van der Waals surface area contributed by atoms with Crippen LogP contribution in [0.4, 0.5) is 0 Å². The van der Waals surface area contributed by atoms with Crippen LogP contribution in [0.15, 0.2) is 42.5 Å². The Balaban J connectivity index is 1.90. The zero-order valence-corrected chi connectivity index (χ0v) is 14.1. The van der Waals surface area contributed by atoms with Gasteiger partial charge in [0.05, 0.1) is 0 Å². The van der Waals surface area contributed by atoms with Gasteiger partial charge in [-0.3, -0.25) is 9.69 Å². The smallest absolute Gasteiger partial charge is 0.193 e. The summed E-state index contributed by atoms with van der Waals surface area (Å²) in [6.45, 7) is 7.22. The van der Waals surface area contributed by atoms with Crippen LogP contribution in [-0.2, 0) is 6.54 Å². The fraction of sp³-hybridized carbons (Fsp3) is 0.381. The summed E-state index contributed by atoms with van der Waals surface area (Å²) < 4.78 is 0. The highest BCUT2D eigenvalue weighted by molar-refractivity contribution is 6.10. The van der Waals surface area contributed by atoms with Crippen LogP contribution in [0, 0.1) is 13.8 Å². The lowest BCUT2D eigenvalue weighted by molar-refractivity contribution is 0.103. The Morgan fingerprint density at radius 1 is 0.957 bits per heavy atom. The molecule has 2 nitrogen and oxygen atoms in total. The molecule has 0 aromatic heterocycles. The van der Waals surface area contributed by atoms with E-state index in [-0.39, 0.29) is 5.78 Å². The third kappa shape index (κ3) is 3.70. The Morgan fingerprint density at radius 3 is 2.48 bits per heavy atom. The largest absolute Gasteiger partial charge is 0.299 e. The summed E-state index contributed by atoms with van der Waals surface area (Å²) in [5, 5.41) is 0. The van der Waals surface area contributed by atoms with E-state index >= 15 is 0 Å².